The number of aryl methyl sites for hydroxylation is 1. The van der Waals surface area contributed by atoms with Crippen LogP contribution in [0.4, 0.5) is 5.82 Å². The molecule has 7 heteroatoms. The molecule has 1 amide bonds. The largest absolute Gasteiger partial charge is 0.356 e. The van der Waals surface area contributed by atoms with Crippen LogP contribution in [0.2, 0.25) is 0 Å². The first-order valence-corrected chi connectivity index (χ1v) is 10.0. The van der Waals surface area contributed by atoms with Crippen LogP contribution in [0.3, 0.4) is 0 Å². The summed E-state index contributed by atoms with van der Waals surface area (Å²) in [6.07, 6.45) is 4.80. The summed E-state index contributed by atoms with van der Waals surface area (Å²) in [4.78, 5) is 38.0. The van der Waals surface area contributed by atoms with E-state index in [-0.39, 0.29) is 11.5 Å². The van der Waals surface area contributed by atoms with Crippen LogP contribution in [0, 0.1) is 12.8 Å². The van der Waals surface area contributed by atoms with Gasteiger partial charge in [-0.3, -0.25) is 9.59 Å². The van der Waals surface area contributed by atoms with Gasteiger partial charge in [-0.1, -0.05) is 0 Å². The highest BCUT2D eigenvalue weighted by Gasteiger charge is 2.34. The highest BCUT2D eigenvalue weighted by Crippen LogP contribution is 2.38. The molecule has 2 aliphatic heterocycles. The lowest BCUT2D eigenvalue weighted by atomic mass is 9.95. The predicted molar refractivity (Wildman–Crippen MR) is 105 cm³/mol. The zero-order chi connectivity index (χ0) is 19.4. The molecule has 2 aromatic rings. The van der Waals surface area contributed by atoms with Gasteiger partial charge in [0.05, 0.1) is 6.54 Å². The van der Waals surface area contributed by atoms with Crippen molar-refractivity contribution in [1.82, 2.24) is 19.4 Å². The summed E-state index contributed by atoms with van der Waals surface area (Å²) in [5.41, 5.74) is 3.08. The number of aromatic nitrogens is 3. The van der Waals surface area contributed by atoms with Crippen LogP contribution in [0.5, 0.6) is 0 Å². The maximum Gasteiger partial charge on any atom is 0.250 e. The molecule has 1 saturated heterocycles. The van der Waals surface area contributed by atoms with E-state index in [2.05, 4.69) is 14.9 Å². The van der Waals surface area contributed by atoms with E-state index in [0.29, 0.717) is 31.3 Å². The molecule has 2 aromatic heterocycles. The maximum absolute atomic E-state index is 12.8. The molecule has 0 aromatic carbocycles. The van der Waals surface area contributed by atoms with Gasteiger partial charge in [-0.2, -0.15) is 0 Å². The minimum Gasteiger partial charge on any atom is -0.356 e. The molecule has 28 heavy (non-hydrogen) atoms. The van der Waals surface area contributed by atoms with E-state index in [1.54, 1.807) is 17.7 Å². The van der Waals surface area contributed by atoms with Gasteiger partial charge >= 0.3 is 0 Å². The van der Waals surface area contributed by atoms with E-state index in [4.69, 9.17) is 0 Å². The SMILES string of the molecule is Cc1cc(=O)n(C)c2c1CN(C(=O)CC1CN(c3ccnc(C4CC4)n3)C1)C2. The summed E-state index contributed by atoms with van der Waals surface area (Å²) in [6.45, 7) is 4.84. The Bertz CT molecular complexity index is 1000. The molecule has 5 rings (SSSR count). The number of nitrogens with zero attached hydrogens (tertiary/aromatic N) is 5. The fraction of sp³-hybridized carbons (Fsp3) is 0.524. The number of hydrogen-bond donors (Lipinski definition) is 0. The molecule has 146 valence electrons. The molecule has 3 aliphatic rings. The Hall–Kier alpha value is -2.70. The Morgan fingerprint density at radius 3 is 2.79 bits per heavy atom. The molecule has 0 spiro atoms. The Balaban J connectivity index is 1.19. The number of rotatable bonds is 4. The van der Waals surface area contributed by atoms with Crippen molar-refractivity contribution in [1.29, 1.82) is 0 Å². The second kappa shape index (κ2) is 6.43. The number of anilines is 1. The summed E-state index contributed by atoms with van der Waals surface area (Å²) in [6, 6.07) is 3.62. The van der Waals surface area contributed by atoms with Crippen molar-refractivity contribution in [2.24, 2.45) is 13.0 Å². The summed E-state index contributed by atoms with van der Waals surface area (Å²) in [5, 5.41) is 0. The van der Waals surface area contributed by atoms with Crippen LogP contribution >= 0.6 is 0 Å². The quantitative estimate of drug-likeness (QED) is 0.809. The van der Waals surface area contributed by atoms with Crippen LogP contribution in [0.1, 0.15) is 47.8 Å². The van der Waals surface area contributed by atoms with E-state index >= 15 is 0 Å². The van der Waals surface area contributed by atoms with E-state index in [9.17, 15) is 9.59 Å². The Kier molecular flexibility index (Phi) is 4.00. The third-order valence-electron chi connectivity index (χ3n) is 6.29. The van der Waals surface area contributed by atoms with Crippen molar-refractivity contribution >= 4 is 11.7 Å². The number of fused-ring (bicyclic) bond motifs is 1. The van der Waals surface area contributed by atoms with Gasteiger partial charge in [-0.15, -0.1) is 0 Å². The van der Waals surface area contributed by atoms with Crippen molar-refractivity contribution in [3.63, 3.8) is 0 Å². The average Bonchev–Trinajstić information content (AvgIpc) is 3.40. The van der Waals surface area contributed by atoms with Gasteiger partial charge < -0.3 is 14.4 Å². The molecule has 4 heterocycles. The molecule has 7 nitrogen and oxygen atoms in total. The summed E-state index contributed by atoms with van der Waals surface area (Å²) < 4.78 is 1.67. The average molecular weight is 379 g/mol. The summed E-state index contributed by atoms with van der Waals surface area (Å²) in [7, 11) is 1.79. The second-order valence-electron chi connectivity index (χ2n) is 8.42. The minimum absolute atomic E-state index is 0.00407. The topological polar surface area (TPSA) is 71.3 Å². The van der Waals surface area contributed by atoms with Crippen molar-refractivity contribution in [3.05, 3.63) is 51.3 Å². The van der Waals surface area contributed by atoms with Gasteiger partial charge in [0.2, 0.25) is 5.91 Å². The van der Waals surface area contributed by atoms with Crippen molar-refractivity contribution < 1.29 is 4.79 Å². The second-order valence-corrected chi connectivity index (χ2v) is 8.42. The van der Waals surface area contributed by atoms with Gasteiger partial charge in [-0.25, -0.2) is 9.97 Å². The van der Waals surface area contributed by atoms with Crippen molar-refractivity contribution in [3.8, 4) is 0 Å². The number of carbonyl (C=O) groups excluding carboxylic acids is 1. The van der Waals surface area contributed by atoms with Crippen LogP contribution in [-0.4, -0.2) is 38.4 Å². The number of pyridine rings is 1. The van der Waals surface area contributed by atoms with Gasteiger partial charge in [-0.05, 0) is 37.0 Å². The first kappa shape index (κ1) is 17.4. The van der Waals surface area contributed by atoms with E-state index in [0.717, 1.165) is 41.6 Å². The van der Waals surface area contributed by atoms with Crippen LogP contribution in [-0.2, 0) is 24.9 Å². The molecule has 2 fully saturated rings. The number of hydrogen-bond acceptors (Lipinski definition) is 5. The highest BCUT2D eigenvalue weighted by molar-refractivity contribution is 5.77. The number of carbonyl (C=O) groups is 1. The monoisotopic (exact) mass is 379 g/mol. The standard InChI is InChI=1S/C21H25N5O2/c1-13-7-19(27)24(2)17-12-26(11-16(13)17)20(28)8-14-9-25(10-14)18-5-6-22-21(23-18)15-3-4-15/h5-7,14-15H,3-4,8-12H2,1-2H3. The van der Waals surface area contributed by atoms with Crippen LogP contribution in [0.15, 0.2) is 23.1 Å². The molecule has 0 N–H and O–H groups in total. The van der Waals surface area contributed by atoms with Crippen molar-refractivity contribution in [2.45, 2.75) is 45.2 Å². The molecule has 0 radical (unpaired) electrons. The first-order valence-electron chi connectivity index (χ1n) is 10.0. The van der Waals surface area contributed by atoms with E-state index in [1.165, 1.54) is 12.8 Å². The minimum atomic E-state index is -0.00407. The Morgan fingerprint density at radius 2 is 2.04 bits per heavy atom. The van der Waals surface area contributed by atoms with Gasteiger partial charge in [0.15, 0.2) is 0 Å². The van der Waals surface area contributed by atoms with Crippen LogP contribution < -0.4 is 10.5 Å². The van der Waals surface area contributed by atoms with Crippen LogP contribution in [0.25, 0.3) is 0 Å². The highest BCUT2D eigenvalue weighted by atomic mass is 16.2. The lowest BCUT2D eigenvalue weighted by Crippen LogP contribution is -2.49. The summed E-state index contributed by atoms with van der Waals surface area (Å²) >= 11 is 0. The molecular formula is C21H25N5O2. The molecule has 1 saturated carbocycles. The predicted octanol–water partition coefficient (Wildman–Crippen LogP) is 1.73. The zero-order valence-electron chi connectivity index (χ0n) is 16.4. The smallest absolute Gasteiger partial charge is 0.250 e. The summed E-state index contributed by atoms with van der Waals surface area (Å²) in [5.74, 6) is 3.04. The zero-order valence-corrected chi connectivity index (χ0v) is 16.4. The molecule has 0 unspecified atom stereocenters. The fourth-order valence-corrected chi connectivity index (χ4v) is 4.29. The fourth-order valence-electron chi connectivity index (χ4n) is 4.29. The lowest BCUT2D eigenvalue weighted by Gasteiger charge is -2.40. The molecule has 1 aliphatic carbocycles. The first-order chi connectivity index (χ1) is 13.5. The molecule has 0 bridgehead atoms. The maximum atomic E-state index is 12.8. The van der Waals surface area contributed by atoms with E-state index in [1.807, 2.05) is 24.1 Å². The van der Waals surface area contributed by atoms with Crippen molar-refractivity contribution in [2.75, 3.05) is 18.0 Å². The molecule has 0 atom stereocenters. The van der Waals surface area contributed by atoms with Gasteiger partial charge in [0.1, 0.15) is 11.6 Å². The normalized spacial score (nSPS) is 18.9. The third-order valence-corrected chi connectivity index (χ3v) is 6.29. The number of amides is 1. The lowest BCUT2D eigenvalue weighted by molar-refractivity contribution is -0.133. The Morgan fingerprint density at radius 1 is 1.25 bits per heavy atom. The van der Waals surface area contributed by atoms with E-state index < -0.39 is 0 Å². The van der Waals surface area contributed by atoms with Gasteiger partial charge in [0, 0.05) is 62.9 Å². The molecular weight excluding hydrogens is 354 g/mol. The van der Waals surface area contributed by atoms with Gasteiger partial charge in [0.25, 0.3) is 5.56 Å². The third kappa shape index (κ3) is 2.99. The Labute approximate surface area is 164 Å².